The van der Waals surface area contributed by atoms with Crippen molar-refractivity contribution >= 4 is 15.6 Å². The van der Waals surface area contributed by atoms with E-state index in [2.05, 4.69) is 63.0 Å². The molecular formula is C14H15N3Si. The van der Waals surface area contributed by atoms with Crippen LogP contribution in [0.1, 0.15) is 0 Å². The van der Waals surface area contributed by atoms with Gasteiger partial charge in [0.05, 0.1) is 10.2 Å². The molecule has 3 heterocycles. The zero-order valence-corrected chi connectivity index (χ0v) is 12.3. The van der Waals surface area contributed by atoms with Gasteiger partial charge in [0, 0.05) is 42.5 Å². The second-order valence-corrected chi connectivity index (χ2v) is 5.13. The molecule has 0 aliphatic heterocycles. The maximum absolute atomic E-state index is 2.18. The minimum Gasteiger partial charge on any atom is -0.329 e. The third kappa shape index (κ3) is 1.87. The highest BCUT2D eigenvalue weighted by Gasteiger charge is 2.07. The Hall–Kier alpha value is -2.20. The summed E-state index contributed by atoms with van der Waals surface area (Å²) in [7, 11) is 0.969. The van der Waals surface area contributed by atoms with Crippen molar-refractivity contribution in [1.82, 2.24) is 13.7 Å². The molecule has 0 aliphatic rings. The Kier molecular flexibility index (Phi) is 2.78. The summed E-state index contributed by atoms with van der Waals surface area (Å²) in [5.74, 6) is 1.19. The van der Waals surface area contributed by atoms with Gasteiger partial charge in [-0.25, -0.2) is 0 Å². The van der Waals surface area contributed by atoms with Gasteiger partial charge in [0.25, 0.3) is 0 Å². The normalized spacial score (nSPS) is 10.7. The molecular weight excluding hydrogens is 238 g/mol. The van der Waals surface area contributed by atoms with Gasteiger partial charge in [-0.3, -0.25) is 0 Å². The smallest absolute Gasteiger partial charge is 0.135 e. The number of aromatic nitrogens is 3. The number of hydrogen-bond acceptors (Lipinski definition) is 0. The molecule has 0 aliphatic carbocycles. The molecule has 0 spiro atoms. The Morgan fingerprint density at radius 3 is 1.28 bits per heavy atom. The molecule has 3 aromatic heterocycles. The van der Waals surface area contributed by atoms with E-state index in [1.165, 1.54) is 11.1 Å². The van der Waals surface area contributed by atoms with Crippen LogP contribution >= 0.6 is 0 Å². The van der Waals surface area contributed by atoms with Gasteiger partial charge in [0.1, 0.15) is 5.82 Å². The fraction of sp³-hybridized carbons (Fsp3) is 0. The van der Waals surface area contributed by atoms with E-state index < -0.39 is 0 Å². The van der Waals surface area contributed by atoms with Gasteiger partial charge < -0.3 is 13.7 Å². The van der Waals surface area contributed by atoms with Crippen LogP contribution in [0.15, 0.2) is 73.6 Å². The molecule has 0 aromatic carbocycles. The van der Waals surface area contributed by atoms with E-state index in [0.717, 1.165) is 10.2 Å². The molecule has 4 heteroatoms. The van der Waals surface area contributed by atoms with Crippen molar-refractivity contribution in [2.75, 3.05) is 0 Å². The Balaban J connectivity index is 2.20. The molecule has 18 heavy (non-hydrogen) atoms. The largest absolute Gasteiger partial charge is 0.329 e. The lowest BCUT2D eigenvalue weighted by atomic mass is 10.6. The first-order valence-corrected chi connectivity index (χ1v) is 6.97. The van der Waals surface area contributed by atoms with E-state index in [1.54, 1.807) is 0 Å². The van der Waals surface area contributed by atoms with Crippen molar-refractivity contribution in [3.05, 3.63) is 79.4 Å². The van der Waals surface area contributed by atoms with Gasteiger partial charge in [-0.2, -0.15) is 0 Å². The highest BCUT2D eigenvalue weighted by atomic mass is 28.1. The van der Waals surface area contributed by atoms with E-state index in [1.807, 2.05) is 24.3 Å². The number of hydrogen-bond donors (Lipinski definition) is 0. The monoisotopic (exact) mass is 253 g/mol. The van der Waals surface area contributed by atoms with Crippen molar-refractivity contribution in [3.8, 4) is 0 Å². The molecule has 0 unspecified atom stereocenters. The maximum atomic E-state index is 2.18. The Labute approximate surface area is 109 Å². The van der Waals surface area contributed by atoms with Gasteiger partial charge >= 0.3 is 0 Å². The molecule has 0 atom stereocenters. The summed E-state index contributed by atoms with van der Waals surface area (Å²) in [6, 6.07) is 12.3. The molecule has 0 radical (unpaired) electrons. The van der Waals surface area contributed by atoms with E-state index in [4.69, 9.17) is 0 Å². The van der Waals surface area contributed by atoms with Crippen LogP contribution in [0, 0.1) is 5.82 Å². The zero-order chi connectivity index (χ0) is 12.4. The molecule has 90 valence electrons. The molecule has 0 N–H and O–H groups in total. The van der Waals surface area contributed by atoms with E-state index >= 15 is 0 Å². The summed E-state index contributed by atoms with van der Waals surface area (Å²) in [5, 5.41) is 1.31. The summed E-state index contributed by atoms with van der Waals surface area (Å²) < 4.78 is 6.49. The van der Waals surface area contributed by atoms with Gasteiger partial charge in [-0.1, -0.05) is 0 Å². The van der Waals surface area contributed by atoms with E-state index in [-0.39, 0.29) is 0 Å². The molecule has 0 saturated heterocycles. The van der Waals surface area contributed by atoms with Crippen molar-refractivity contribution in [1.29, 1.82) is 0 Å². The average Bonchev–Trinajstić information content (AvgIpc) is 3.14. The highest BCUT2D eigenvalue weighted by molar-refractivity contribution is 6.38. The highest BCUT2D eigenvalue weighted by Crippen LogP contribution is 2.12. The van der Waals surface area contributed by atoms with Gasteiger partial charge in [-0.15, -0.1) is 0 Å². The summed E-state index contributed by atoms with van der Waals surface area (Å²) in [5.41, 5.74) is 0. The van der Waals surface area contributed by atoms with Crippen LogP contribution in [-0.2, 0) is 0 Å². The van der Waals surface area contributed by atoms with Crippen LogP contribution in [0.4, 0.5) is 0 Å². The van der Waals surface area contributed by atoms with Crippen molar-refractivity contribution in [2.24, 2.45) is 0 Å². The summed E-state index contributed by atoms with van der Waals surface area (Å²) in [4.78, 5) is 0. The topological polar surface area (TPSA) is 14.8 Å². The lowest BCUT2D eigenvalue weighted by molar-refractivity contribution is 0.761. The number of rotatable bonds is 3. The van der Waals surface area contributed by atoms with Gasteiger partial charge in [0.15, 0.2) is 0 Å². The van der Waals surface area contributed by atoms with E-state index in [0.29, 0.717) is 0 Å². The minimum absolute atomic E-state index is 0.969. The third-order valence-electron chi connectivity index (χ3n) is 3.01. The second kappa shape index (κ2) is 4.58. The number of nitrogens with zero attached hydrogens (tertiary/aromatic N) is 3. The average molecular weight is 253 g/mol. The lowest BCUT2D eigenvalue weighted by Crippen LogP contribution is -2.14. The first kappa shape index (κ1) is 10.9. The maximum Gasteiger partial charge on any atom is 0.135 e. The first-order chi connectivity index (χ1) is 8.86. The summed E-state index contributed by atoms with van der Waals surface area (Å²) >= 11 is 0. The van der Waals surface area contributed by atoms with Crippen molar-refractivity contribution in [3.63, 3.8) is 0 Å². The molecule has 0 bridgehead atoms. The van der Waals surface area contributed by atoms with Crippen LogP contribution in [0.5, 0.6) is 0 Å². The van der Waals surface area contributed by atoms with Crippen LogP contribution < -0.4 is 0 Å². The van der Waals surface area contributed by atoms with E-state index in [9.17, 15) is 0 Å². The van der Waals surface area contributed by atoms with Gasteiger partial charge in [0.2, 0.25) is 0 Å². The van der Waals surface area contributed by atoms with Crippen LogP contribution in [0.3, 0.4) is 0 Å². The second-order valence-electron chi connectivity index (χ2n) is 4.18. The quantitative estimate of drug-likeness (QED) is 0.629. The Morgan fingerprint density at radius 1 is 0.556 bits per heavy atom. The predicted molar refractivity (Wildman–Crippen MR) is 77.0 cm³/mol. The summed E-state index contributed by atoms with van der Waals surface area (Å²) in [6.07, 6.45) is 12.5. The first-order valence-electron chi connectivity index (χ1n) is 5.97. The van der Waals surface area contributed by atoms with Crippen molar-refractivity contribution < 1.29 is 0 Å². The fourth-order valence-corrected chi connectivity index (χ4v) is 2.95. The minimum atomic E-state index is 0.969. The lowest BCUT2D eigenvalue weighted by Gasteiger charge is -2.16. The molecule has 3 nitrogen and oxygen atoms in total. The van der Waals surface area contributed by atoms with Crippen LogP contribution in [-0.4, -0.2) is 23.9 Å². The molecule has 0 fully saturated rings. The Bertz CT molecular complexity index is 595. The summed E-state index contributed by atoms with van der Waals surface area (Å²) in [6.45, 7) is 0. The van der Waals surface area contributed by atoms with Crippen LogP contribution in [0.25, 0.3) is 5.32 Å². The van der Waals surface area contributed by atoms with Crippen LogP contribution in [0.2, 0.25) is 0 Å². The third-order valence-corrected chi connectivity index (χ3v) is 3.98. The Morgan fingerprint density at radius 2 is 0.889 bits per heavy atom. The zero-order valence-electron chi connectivity index (χ0n) is 10.3. The molecule has 0 saturated carbocycles. The van der Waals surface area contributed by atoms with Crippen molar-refractivity contribution in [2.45, 2.75) is 0 Å². The van der Waals surface area contributed by atoms with Gasteiger partial charge in [-0.05, 0) is 36.4 Å². The molecule has 3 aromatic rings. The molecule has 3 rings (SSSR count). The molecule has 0 amide bonds. The standard InChI is InChI=1S/C14H15N3Si/c18-14(17-11-5-6-12-17)13(15-7-1-2-8-15)16-9-3-4-10-16/h1-12H,18H3. The fourth-order valence-electron chi connectivity index (χ4n) is 2.13. The predicted octanol–water partition coefficient (Wildman–Crippen LogP) is 1.56. The SMILES string of the molecule is [SiH3]C(=C(n1cccc1)n1cccc1)n1cccc1.